The van der Waals surface area contributed by atoms with Crippen LogP contribution < -0.4 is 16.1 Å². The summed E-state index contributed by atoms with van der Waals surface area (Å²) in [6.45, 7) is 14.0. The Morgan fingerprint density at radius 2 is 1.83 bits per heavy atom. The molecule has 6 bridgehead atoms. The van der Waals surface area contributed by atoms with E-state index in [2.05, 4.69) is 59.6 Å². The van der Waals surface area contributed by atoms with Crippen molar-refractivity contribution in [3.05, 3.63) is 71.5 Å². The first-order valence-corrected chi connectivity index (χ1v) is 23.3. The molecule has 8 rings (SSSR count). The minimum absolute atomic E-state index is 0.0125. The number of esters is 1. The number of phenolic OH excluding ortho intramolecular Hbond substituents is 1. The van der Waals surface area contributed by atoms with E-state index in [-0.39, 0.29) is 55.2 Å². The molecule has 16 nitrogen and oxygen atoms in total. The molecule has 6 heterocycles. The van der Waals surface area contributed by atoms with Crippen LogP contribution in [0.3, 0.4) is 0 Å². The van der Waals surface area contributed by atoms with Crippen molar-refractivity contribution >= 4 is 40.5 Å². The number of ether oxygens (including phenoxy) is 2. The van der Waals surface area contributed by atoms with Crippen molar-refractivity contribution in [3.8, 4) is 28.1 Å². The summed E-state index contributed by atoms with van der Waals surface area (Å²) in [6.07, 6.45) is 3.46. The Morgan fingerprint density at radius 3 is 2.52 bits per heavy atom. The van der Waals surface area contributed by atoms with Crippen LogP contribution in [0, 0.1) is 11.3 Å². The van der Waals surface area contributed by atoms with Crippen LogP contribution >= 0.6 is 0 Å². The summed E-state index contributed by atoms with van der Waals surface area (Å²) in [4.78, 5) is 77.7. The summed E-state index contributed by atoms with van der Waals surface area (Å²) < 4.78 is 14.2. The lowest BCUT2D eigenvalue weighted by Crippen LogP contribution is -2.64. The summed E-state index contributed by atoms with van der Waals surface area (Å²) in [7, 11) is 3.24. The number of pyridine rings is 1. The smallest absolute Gasteiger partial charge is 0.324 e. The zero-order chi connectivity index (χ0) is 47.2. The minimum Gasteiger partial charge on any atom is -0.508 e. The number of benzene rings is 2. The standard InChI is InChI=1S/C50H64N8O8/c1-9-56-40-15-14-31-24-35(40)36(44(56)34-12-10-17-51-42(34)29(4)65-8)25-50(5,6)27-66-49(64)37-13-11-18-58(54-37)47(62)38(22-30-20-32(31)23-33(59)21-30)53-45(60)43(28(2)3)55(7)48(63)41-16-19-57(41)46(61)39-26-52-39/h10,12,14-15,17,20-21,23-24,28-29,37-39,41,43,52,54,59H,9,11,13,16,18-19,22,25-27H2,1-8H3,(H,53,60)/t29-,37-,38-,39-,41+,43-/m0/s1. The molecule has 2 aromatic heterocycles. The van der Waals surface area contributed by atoms with Crippen LogP contribution in [0.15, 0.2) is 54.7 Å². The fraction of sp³-hybridized carbons (Fsp3) is 0.520. The number of aromatic nitrogens is 2. The van der Waals surface area contributed by atoms with Crippen LogP contribution in [0.1, 0.15) is 83.7 Å². The van der Waals surface area contributed by atoms with Crippen LogP contribution in [-0.2, 0) is 52.8 Å². The highest BCUT2D eigenvalue weighted by atomic mass is 16.5. The van der Waals surface area contributed by atoms with E-state index in [0.29, 0.717) is 56.4 Å². The second-order valence-electron chi connectivity index (χ2n) is 19.5. The number of hydrogen-bond donors (Lipinski definition) is 4. The van der Waals surface area contributed by atoms with Gasteiger partial charge in [0.15, 0.2) is 0 Å². The molecule has 3 saturated heterocycles. The third-order valence-electron chi connectivity index (χ3n) is 13.6. The third-order valence-corrected chi connectivity index (χ3v) is 13.6. The molecule has 16 heteroatoms. The quantitative estimate of drug-likeness (QED) is 0.129. The van der Waals surface area contributed by atoms with E-state index in [0.717, 1.165) is 39.0 Å². The first kappa shape index (κ1) is 46.7. The van der Waals surface area contributed by atoms with Gasteiger partial charge in [-0.2, -0.15) is 0 Å². The maximum Gasteiger partial charge on any atom is 0.324 e. The number of phenols is 1. The number of carbonyl (C=O) groups excluding carboxylic acids is 5. The fourth-order valence-corrected chi connectivity index (χ4v) is 9.96. The SMILES string of the molecule is CCn1c(-c2cccnc2[C@H](C)OC)c2c3cc(ccc31)-c1cc(O)cc(c1)C[C@H](NC(=O)[C@H](C(C)C)N(C)C(=O)[C@H]1CCN1C(=O)[C@@H]1CN1)C(=O)N1CCC[C@H](N1)C(=O)OCC(C)(C)C2. The molecule has 352 valence electrons. The molecule has 3 fully saturated rings. The third kappa shape index (κ3) is 9.27. The molecule has 0 aliphatic carbocycles. The van der Waals surface area contributed by atoms with Crippen LogP contribution in [-0.4, -0.2) is 130 Å². The Labute approximate surface area is 386 Å². The molecule has 66 heavy (non-hydrogen) atoms. The highest BCUT2D eigenvalue weighted by Gasteiger charge is 2.46. The van der Waals surface area contributed by atoms with Gasteiger partial charge in [0.05, 0.1) is 30.1 Å². The number of rotatable bonds is 10. The largest absolute Gasteiger partial charge is 0.508 e. The first-order valence-electron chi connectivity index (χ1n) is 23.3. The van der Waals surface area contributed by atoms with Crippen molar-refractivity contribution in [3.63, 3.8) is 0 Å². The van der Waals surface area contributed by atoms with Gasteiger partial charge in [-0.15, -0.1) is 0 Å². The molecule has 2 aromatic carbocycles. The second kappa shape index (κ2) is 18.8. The van der Waals surface area contributed by atoms with Crippen molar-refractivity contribution in [2.45, 2.75) is 117 Å². The summed E-state index contributed by atoms with van der Waals surface area (Å²) in [6, 6.07) is 11.5. The first-order chi connectivity index (χ1) is 31.5. The zero-order valence-corrected chi connectivity index (χ0v) is 39.3. The average molecular weight is 905 g/mol. The molecule has 6 atom stereocenters. The maximum absolute atomic E-state index is 14.7. The number of cyclic esters (lactones) is 1. The van der Waals surface area contributed by atoms with Crippen LogP contribution in [0.25, 0.3) is 33.3 Å². The predicted molar refractivity (Wildman–Crippen MR) is 249 cm³/mol. The summed E-state index contributed by atoms with van der Waals surface area (Å²) in [5.74, 6) is -2.33. The monoisotopic (exact) mass is 904 g/mol. The van der Waals surface area contributed by atoms with E-state index >= 15 is 0 Å². The second-order valence-corrected chi connectivity index (χ2v) is 19.5. The van der Waals surface area contributed by atoms with Gasteiger partial charge in [0, 0.05) is 74.8 Å². The number of nitrogens with zero attached hydrogens (tertiary/aromatic N) is 5. The number of methoxy groups -OCH3 is 1. The van der Waals surface area contributed by atoms with Gasteiger partial charge in [0.1, 0.15) is 29.9 Å². The van der Waals surface area contributed by atoms with Gasteiger partial charge in [0.2, 0.25) is 17.7 Å². The molecule has 4 N–H and O–H groups in total. The molecule has 4 amide bonds. The maximum atomic E-state index is 14.7. The molecule has 0 spiro atoms. The zero-order valence-electron chi connectivity index (χ0n) is 39.3. The number of hydrogen-bond acceptors (Lipinski definition) is 11. The molecular weight excluding hydrogens is 841 g/mol. The molecular formula is C50H64N8O8. The van der Waals surface area contributed by atoms with Gasteiger partial charge in [-0.3, -0.25) is 34.0 Å². The number of nitrogens with one attached hydrogen (secondary N) is 3. The van der Waals surface area contributed by atoms with E-state index in [1.54, 1.807) is 37.4 Å². The van der Waals surface area contributed by atoms with Gasteiger partial charge >= 0.3 is 5.97 Å². The molecule has 4 aromatic rings. The topological polar surface area (TPSA) is 198 Å². The van der Waals surface area contributed by atoms with Gasteiger partial charge in [-0.1, -0.05) is 39.8 Å². The predicted octanol–water partition coefficient (Wildman–Crippen LogP) is 4.51. The Bertz CT molecular complexity index is 2530. The Balaban J connectivity index is 1.20. The van der Waals surface area contributed by atoms with E-state index < -0.39 is 47.4 Å². The van der Waals surface area contributed by atoms with Gasteiger partial charge < -0.3 is 39.6 Å². The van der Waals surface area contributed by atoms with Crippen LogP contribution in [0.2, 0.25) is 0 Å². The average Bonchev–Trinajstić information content (AvgIpc) is 4.09. The van der Waals surface area contributed by atoms with Gasteiger partial charge in [0.25, 0.3) is 5.91 Å². The molecule has 0 unspecified atom stereocenters. The van der Waals surface area contributed by atoms with Crippen molar-refractivity contribution in [2.75, 3.05) is 40.4 Å². The number of carbonyl (C=O) groups is 5. The lowest BCUT2D eigenvalue weighted by Gasteiger charge is -2.43. The number of amides is 4. The molecule has 4 aliphatic rings. The van der Waals surface area contributed by atoms with Crippen LogP contribution in [0.4, 0.5) is 0 Å². The molecule has 0 saturated carbocycles. The minimum atomic E-state index is -1.17. The Hall–Kier alpha value is -5.84. The molecule has 0 radical (unpaired) electrons. The lowest BCUT2D eigenvalue weighted by atomic mass is 9.84. The van der Waals surface area contributed by atoms with E-state index in [1.165, 1.54) is 9.91 Å². The van der Waals surface area contributed by atoms with Gasteiger partial charge in [-0.05, 0) is 104 Å². The Kier molecular flexibility index (Phi) is 13.3. The number of aryl methyl sites for hydroxylation is 1. The van der Waals surface area contributed by atoms with Crippen molar-refractivity contribution in [1.82, 2.24) is 40.4 Å². The summed E-state index contributed by atoms with van der Waals surface area (Å²) >= 11 is 0. The van der Waals surface area contributed by atoms with Crippen LogP contribution in [0.5, 0.6) is 5.75 Å². The highest BCUT2D eigenvalue weighted by Crippen LogP contribution is 2.42. The normalized spacial score (nSPS) is 22.8. The number of aromatic hydroxyl groups is 1. The van der Waals surface area contributed by atoms with E-state index in [4.69, 9.17) is 14.5 Å². The van der Waals surface area contributed by atoms with Gasteiger partial charge in [-0.25, -0.2) is 5.43 Å². The lowest BCUT2D eigenvalue weighted by molar-refractivity contribution is -0.156. The highest BCUT2D eigenvalue weighted by molar-refractivity contribution is 5.97. The van der Waals surface area contributed by atoms with Crippen molar-refractivity contribution in [1.29, 1.82) is 0 Å². The number of likely N-dealkylation sites (tertiary alicyclic amines) is 1. The number of likely N-dealkylation sites (N-methyl/N-ethyl adjacent to an activating group) is 1. The molecule has 4 aliphatic heterocycles. The van der Waals surface area contributed by atoms with Crippen molar-refractivity contribution < 1.29 is 38.6 Å². The van der Waals surface area contributed by atoms with E-state index in [9.17, 15) is 29.1 Å². The van der Waals surface area contributed by atoms with Crippen molar-refractivity contribution in [2.24, 2.45) is 11.3 Å². The number of fused-ring (bicyclic) bond motifs is 6. The van der Waals surface area contributed by atoms with E-state index in [1.807, 2.05) is 39.0 Å². The summed E-state index contributed by atoms with van der Waals surface area (Å²) in [5, 5.41) is 19.7. The number of hydrazine groups is 1. The fourth-order valence-electron chi connectivity index (χ4n) is 9.96. The Morgan fingerprint density at radius 1 is 1.06 bits per heavy atom. The summed E-state index contributed by atoms with van der Waals surface area (Å²) in [5.41, 5.74) is 9.53.